The monoisotopic (exact) mass is 310 g/mol. The average Bonchev–Trinajstić information content (AvgIpc) is 3.13. The smallest absolute Gasteiger partial charge is 0.267 e. The molecule has 2 saturated heterocycles. The second kappa shape index (κ2) is 6.34. The van der Waals surface area contributed by atoms with E-state index in [4.69, 9.17) is 9.47 Å². The molecule has 0 spiro atoms. The van der Waals surface area contributed by atoms with Crippen LogP contribution in [-0.4, -0.2) is 68.3 Å². The number of hydrogen-bond donors (Lipinski definition) is 0. The lowest BCUT2D eigenvalue weighted by molar-refractivity contribution is 0.0119. The zero-order chi connectivity index (χ0) is 14.8. The molecule has 1 amide bonds. The fourth-order valence-electron chi connectivity index (χ4n) is 3.26. The minimum Gasteiger partial charge on any atom is -0.495 e. The van der Waals surface area contributed by atoms with Gasteiger partial charge in [0.1, 0.15) is 10.6 Å². The number of amides is 1. The number of thiophene rings is 1. The summed E-state index contributed by atoms with van der Waals surface area (Å²) in [7, 11) is 1.61. The summed E-state index contributed by atoms with van der Waals surface area (Å²) < 4.78 is 10.7. The van der Waals surface area contributed by atoms with Crippen LogP contribution >= 0.6 is 11.3 Å². The quantitative estimate of drug-likeness (QED) is 0.849. The van der Waals surface area contributed by atoms with Crippen molar-refractivity contribution in [2.45, 2.75) is 13.0 Å². The van der Waals surface area contributed by atoms with Gasteiger partial charge in [-0.1, -0.05) is 6.92 Å². The van der Waals surface area contributed by atoms with Crippen LogP contribution in [0.25, 0.3) is 0 Å². The molecule has 116 valence electrons. The maximum absolute atomic E-state index is 12.7. The van der Waals surface area contributed by atoms with Crippen LogP contribution in [0.4, 0.5) is 0 Å². The number of methoxy groups -OCH3 is 1. The van der Waals surface area contributed by atoms with Crippen molar-refractivity contribution in [3.05, 3.63) is 16.3 Å². The average molecular weight is 310 g/mol. The van der Waals surface area contributed by atoms with Gasteiger partial charge in [-0.3, -0.25) is 9.69 Å². The first kappa shape index (κ1) is 14.8. The molecular formula is C15H22N2O3S. The Morgan fingerprint density at radius 1 is 1.38 bits per heavy atom. The highest BCUT2D eigenvalue weighted by Gasteiger charge is 2.37. The molecule has 0 saturated carbocycles. The third-order valence-corrected chi connectivity index (χ3v) is 5.30. The Bertz CT molecular complexity index is 499. The summed E-state index contributed by atoms with van der Waals surface area (Å²) in [5.74, 6) is 1.29. The van der Waals surface area contributed by atoms with Crippen molar-refractivity contribution >= 4 is 17.2 Å². The van der Waals surface area contributed by atoms with Gasteiger partial charge in [0.15, 0.2) is 0 Å². The van der Waals surface area contributed by atoms with Gasteiger partial charge in [0.25, 0.3) is 5.91 Å². The number of likely N-dealkylation sites (tertiary alicyclic amines) is 1. The lowest BCUT2D eigenvalue weighted by atomic mass is 10.0. The Labute approximate surface area is 129 Å². The number of rotatable bonds is 3. The predicted octanol–water partition coefficient (Wildman–Crippen LogP) is 1.55. The fraction of sp³-hybridized carbons (Fsp3) is 0.667. The Kier molecular flexibility index (Phi) is 4.47. The van der Waals surface area contributed by atoms with Crippen molar-refractivity contribution in [2.24, 2.45) is 5.92 Å². The number of nitrogens with zero attached hydrogens (tertiary/aromatic N) is 2. The van der Waals surface area contributed by atoms with Crippen molar-refractivity contribution in [3.8, 4) is 5.75 Å². The SMILES string of the molecule is COc1ccsc1C(=O)N1CC(C)C(N2CCOCC2)C1. The van der Waals surface area contributed by atoms with Crippen molar-refractivity contribution < 1.29 is 14.3 Å². The Hall–Kier alpha value is -1.11. The molecule has 0 bridgehead atoms. The molecule has 2 fully saturated rings. The van der Waals surface area contributed by atoms with E-state index in [0.717, 1.165) is 39.4 Å². The molecule has 0 N–H and O–H groups in total. The molecular weight excluding hydrogens is 288 g/mol. The number of carbonyl (C=O) groups is 1. The van der Waals surface area contributed by atoms with E-state index in [2.05, 4.69) is 11.8 Å². The maximum atomic E-state index is 12.7. The highest BCUT2D eigenvalue weighted by atomic mass is 32.1. The molecule has 2 atom stereocenters. The molecule has 2 aliphatic rings. The molecule has 21 heavy (non-hydrogen) atoms. The zero-order valence-electron chi connectivity index (χ0n) is 12.6. The minimum absolute atomic E-state index is 0.101. The van der Waals surface area contributed by atoms with E-state index < -0.39 is 0 Å². The molecule has 0 aliphatic carbocycles. The van der Waals surface area contributed by atoms with E-state index in [1.165, 1.54) is 11.3 Å². The summed E-state index contributed by atoms with van der Waals surface area (Å²) in [4.78, 5) is 17.8. The standard InChI is InChI=1S/C15H22N2O3S/c1-11-9-17(10-12(11)16-4-6-20-7-5-16)15(18)14-13(19-2)3-8-21-14/h3,8,11-12H,4-7,9-10H2,1-2H3. The highest BCUT2D eigenvalue weighted by molar-refractivity contribution is 7.12. The van der Waals surface area contributed by atoms with Gasteiger partial charge < -0.3 is 14.4 Å². The number of morpholine rings is 1. The maximum Gasteiger partial charge on any atom is 0.267 e. The molecule has 5 nitrogen and oxygen atoms in total. The third kappa shape index (κ3) is 2.93. The van der Waals surface area contributed by atoms with Gasteiger partial charge in [0, 0.05) is 32.2 Å². The minimum atomic E-state index is 0.101. The number of hydrogen-bond acceptors (Lipinski definition) is 5. The normalized spacial score (nSPS) is 27.0. The van der Waals surface area contributed by atoms with E-state index in [0.29, 0.717) is 22.6 Å². The van der Waals surface area contributed by atoms with Crippen molar-refractivity contribution in [1.82, 2.24) is 9.80 Å². The van der Waals surface area contributed by atoms with Gasteiger partial charge in [-0.2, -0.15) is 0 Å². The largest absolute Gasteiger partial charge is 0.495 e. The van der Waals surface area contributed by atoms with Crippen LogP contribution in [0, 0.1) is 5.92 Å². The summed E-state index contributed by atoms with van der Waals surface area (Å²) in [5, 5.41) is 1.91. The lowest BCUT2D eigenvalue weighted by Crippen LogP contribution is -2.47. The first-order valence-corrected chi connectivity index (χ1v) is 8.31. The van der Waals surface area contributed by atoms with Gasteiger partial charge in [0.05, 0.1) is 20.3 Å². The molecule has 2 aliphatic heterocycles. The van der Waals surface area contributed by atoms with Crippen LogP contribution in [0.2, 0.25) is 0 Å². The van der Waals surface area contributed by atoms with Crippen LogP contribution in [0.5, 0.6) is 5.75 Å². The van der Waals surface area contributed by atoms with Crippen molar-refractivity contribution in [1.29, 1.82) is 0 Å². The molecule has 3 heterocycles. The van der Waals surface area contributed by atoms with E-state index in [1.807, 2.05) is 16.3 Å². The summed E-state index contributed by atoms with van der Waals surface area (Å²) in [6.45, 7) is 7.41. The fourth-order valence-corrected chi connectivity index (χ4v) is 4.08. The summed E-state index contributed by atoms with van der Waals surface area (Å²) in [5.41, 5.74) is 0. The predicted molar refractivity (Wildman–Crippen MR) is 82.1 cm³/mol. The third-order valence-electron chi connectivity index (χ3n) is 4.42. The van der Waals surface area contributed by atoms with Crippen LogP contribution in [-0.2, 0) is 4.74 Å². The van der Waals surface area contributed by atoms with Gasteiger partial charge in [-0.25, -0.2) is 0 Å². The zero-order valence-corrected chi connectivity index (χ0v) is 13.4. The molecule has 0 aromatic carbocycles. The Balaban J connectivity index is 1.69. The van der Waals surface area contributed by atoms with Crippen LogP contribution < -0.4 is 4.74 Å². The van der Waals surface area contributed by atoms with Gasteiger partial charge in [0.2, 0.25) is 0 Å². The number of carbonyl (C=O) groups excluding carboxylic acids is 1. The van der Waals surface area contributed by atoms with Crippen LogP contribution in [0.1, 0.15) is 16.6 Å². The van der Waals surface area contributed by atoms with Crippen molar-refractivity contribution in [3.63, 3.8) is 0 Å². The molecule has 1 aromatic rings. The first-order valence-electron chi connectivity index (χ1n) is 7.43. The van der Waals surface area contributed by atoms with E-state index in [-0.39, 0.29) is 5.91 Å². The second-order valence-corrected chi connectivity index (χ2v) is 6.64. The lowest BCUT2D eigenvalue weighted by Gasteiger charge is -2.33. The van der Waals surface area contributed by atoms with Crippen LogP contribution in [0.3, 0.4) is 0 Å². The summed E-state index contributed by atoms with van der Waals surface area (Å²) in [6, 6.07) is 2.31. The van der Waals surface area contributed by atoms with Gasteiger partial charge >= 0.3 is 0 Å². The Morgan fingerprint density at radius 2 is 2.14 bits per heavy atom. The van der Waals surface area contributed by atoms with Gasteiger partial charge in [-0.15, -0.1) is 11.3 Å². The van der Waals surface area contributed by atoms with Crippen LogP contribution in [0.15, 0.2) is 11.4 Å². The molecule has 6 heteroatoms. The van der Waals surface area contributed by atoms with E-state index in [9.17, 15) is 4.79 Å². The summed E-state index contributed by atoms with van der Waals surface area (Å²) in [6.07, 6.45) is 0. The van der Waals surface area contributed by atoms with Gasteiger partial charge in [-0.05, 0) is 17.4 Å². The second-order valence-electron chi connectivity index (χ2n) is 5.72. The molecule has 0 radical (unpaired) electrons. The van der Waals surface area contributed by atoms with E-state index in [1.54, 1.807) is 7.11 Å². The molecule has 3 rings (SSSR count). The van der Waals surface area contributed by atoms with E-state index >= 15 is 0 Å². The van der Waals surface area contributed by atoms with Crippen molar-refractivity contribution in [2.75, 3.05) is 46.5 Å². The highest BCUT2D eigenvalue weighted by Crippen LogP contribution is 2.29. The first-order chi connectivity index (χ1) is 10.2. The summed E-state index contributed by atoms with van der Waals surface area (Å²) >= 11 is 1.46. The molecule has 1 aromatic heterocycles. The Morgan fingerprint density at radius 3 is 2.86 bits per heavy atom. The topological polar surface area (TPSA) is 42.0 Å². The number of ether oxygens (including phenoxy) is 2. The molecule has 2 unspecified atom stereocenters.